The van der Waals surface area contributed by atoms with Gasteiger partial charge in [0.15, 0.2) is 0 Å². The van der Waals surface area contributed by atoms with Crippen molar-refractivity contribution in [1.82, 2.24) is 20.4 Å². The molecule has 4 N–H and O–H groups in total. The minimum atomic E-state index is -0.144. The molecule has 2 aromatic rings. The fraction of sp³-hybridized carbons (Fsp3) is 0.312. The lowest BCUT2D eigenvalue weighted by atomic mass is 10.1. The van der Waals surface area contributed by atoms with Crippen LogP contribution in [0, 0.1) is 0 Å². The molecule has 1 aliphatic heterocycles. The van der Waals surface area contributed by atoms with Gasteiger partial charge in [0.05, 0.1) is 18.3 Å². The van der Waals surface area contributed by atoms with Crippen LogP contribution >= 0.6 is 0 Å². The zero-order valence-electron chi connectivity index (χ0n) is 12.6. The average Bonchev–Trinajstić information content (AvgIpc) is 3.24. The summed E-state index contributed by atoms with van der Waals surface area (Å²) in [6, 6.07) is 10.6. The Morgan fingerprint density at radius 1 is 1.30 bits per heavy atom. The number of benzene rings is 1. The molecule has 120 valence electrons. The highest BCUT2D eigenvalue weighted by Crippen LogP contribution is 2.30. The first-order valence-electron chi connectivity index (χ1n) is 7.53. The molecular formula is C16H19N5O2. The third-order valence-corrected chi connectivity index (χ3v) is 4.05. The van der Waals surface area contributed by atoms with Crippen LogP contribution in [0.2, 0.25) is 0 Å². The van der Waals surface area contributed by atoms with Crippen molar-refractivity contribution in [3.8, 4) is 0 Å². The third-order valence-electron chi connectivity index (χ3n) is 4.05. The van der Waals surface area contributed by atoms with Crippen molar-refractivity contribution in [2.24, 2.45) is 5.73 Å². The third kappa shape index (κ3) is 3.24. The number of H-pyrrole nitrogens is 1. The van der Waals surface area contributed by atoms with Crippen LogP contribution < -0.4 is 11.1 Å². The predicted octanol–water partition coefficient (Wildman–Crippen LogP) is 0.440. The summed E-state index contributed by atoms with van der Waals surface area (Å²) in [5, 5.41) is 9.82. The number of carbonyl (C=O) groups excluding carboxylic acids is 2. The normalized spacial score (nSPS) is 20.5. The second-order valence-corrected chi connectivity index (χ2v) is 5.55. The Labute approximate surface area is 133 Å². The van der Waals surface area contributed by atoms with Crippen LogP contribution in [0.25, 0.3) is 0 Å². The van der Waals surface area contributed by atoms with E-state index in [4.69, 9.17) is 5.73 Å². The van der Waals surface area contributed by atoms with Crippen molar-refractivity contribution in [2.75, 3.05) is 13.1 Å². The minimum absolute atomic E-state index is 0.0516. The predicted molar refractivity (Wildman–Crippen MR) is 84.4 cm³/mol. The topological polar surface area (TPSA) is 104 Å². The highest BCUT2D eigenvalue weighted by molar-refractivity contribution is 5.94. The second-order valence-electron chi connectivity index (χ2n) is 5.55. The summed E-state index contributed by atoms with van der Waals surface area (Å²) in [5.74, 6) is -0.276. The molecule has 1 aromatic carbocycles. The van der Waals surface area contributed by atoms with Gasteiger partial charge in [-0.05, 0) is 24.6 Å². The lowest BCUT2D eigenvalue weighted by molar-refractivity contribution is -0.130. The van der Waals surface area contributed by atoms with Gasteiger partial charge in [0.1, 0.15) is 0 Å². The van der Waals surface area contributed by atoms with Crippen LogP contribution in [0.5, 0.6) is 0 Å². The van der Waals surface area contributed by atoms with E-state index in [0.717, 1.165) is 5.69 Å². The van der Waals surface area contributed by atoms with Crippen LogP contribution in [-0.2, 0) is 4.79 Å². The number of hydrogen-bond acceptors (Lipinski definition) is 4. The molecule has 7 heteroatoms. The molecule has 2 heterocycles. The summed E-state index contributed by atoms with van der Waals surface area (Å²) < 4.78 is 0. The maximum absolute atomic E-state index is 12.3. The van der Waals surface area contributed by atoms with Crippen LogP contribution in [0.15, 0.2) is 42.6 Å². The quantitative estimate of drug-likeness (QED) is 0.762. The standard InChI is InChI=1S/C16H19N5O2/c17-9-15(22)21-10-12(8-14(21)13-6-7-18-20-13)19-16(23)11-4-2-1-3-5-11/h1-7,12,14H,8-10,17H2,(H,18,20)(H,19,23)/t12-,14+/m1/s1. The van der Waals surface area contributed by atoms with Gasteiger partial charge in [-0.15, -0.1) is 0 Å². The Kier molecular flexibility index (Phi) is 4.38. The molecule has 7 nitrogen and oxygen atoms in total. The van der Waals surface area contributed by atoms with Gasteiger partial charge < -0.3 is 16.0 Å². The highest BCUT2D eigenvalue weighted by Gasteiger charge is 2.37. The number of hydrogen-bond donors (Lipinski definition) is 3. The Morgan fingerprint density at radius 2 is 2.09 bits per heavy atom. The molecular weight excluding hydrogens is 294 g/mol. The Balaban J connectivity index is 1.72. The van der Waals surface area contributed by atoms with Crippen LogP contribution in [0.4, 0.5) is 0 Å². The summed E-state index contributed by atoms with van der Waals surface area (Å²) in [7, 11) is 0. The Bertz CT molecular complexity index is 671. The van der Waals surface area contributed by atoms with E-state index in [1.165, 1.54) is 0 Å². The molecule has 1 aliphatic rings. The van der Waals surface area contributed by atoms with E-state index in [1.54, 1.807) is 23.2 Å². The number of aromatic nitrogens is 2. The summed E-state index contributed by atoms with van der Waals surface area (Å²) in [6.45, 7) is 0.391. The number of nitrogens with one attached hydrogen (secondary N) is 2. The molecule has 0 aliphatic carbocycles. The second kappa shape index (κ2) is 6.62. The molecule has 1 fully saturated rings. The van der Waals surface area contributed by atoms with Crippen molar-refractivity contribution in [3.63, 3.8) is 0 Å². The number of aromatic amines is 1. The zero-order valence-corrected chi connectivity index (χ0v) is 12.6. The van der Waals surface area contributed by atoms with E-state index in [0.29, 0.717) is 18.5 Å². The first-order valence-corrected chi connectivity index (χ1v) is 7.53. The maximum Gasteiger partial charge on any atom is 0.251 e. The largest absolute Gasteiger partial charge is 0.347 e. The van der Waals surface area contributed by atoms with Gasteiger partial charge in [0.25, 0.3) is 5.91 Å². The first kappa shape index (κ1) is 15.2. The summed E-state index contributed by atoms with van der Waals surface area (Å²) in [4.78, 5) is 26.1. The van der Waals surface area contributed by atoms with Gasteiger partial charge in [0.2, 0.25) is 5.91 Å². The minimum Gasteiger partial charge on any atom is -0.347 e. The molecule has 1 aromatic heterocycles. The number of rotatable bonds is 4. The lowest BCUT2D eigenvalue weighted by Gasteiger charge is -2.22. The van der Waals surface area contributed by atoms with E-state index in [9.17, 15) is 9.59 Å². The van der Waals surface area contributed by atoms with E-state index in [2.05, 4.69) is 15.5 Å². The van der Waals surface area contributed by atoms with E-state index >= 15 is 0 Å². The Morgan fingerprint density at radius 3 is 2.74 bits per heavy atom. The molecule has 0 spiro atoms. The lowest BCUT2D eigenvalue weighted by Crippen LogP contribution is -2.40. The molecule has 2 amide bonds. The molecule has 0 unspecified atom stereocenters. The van der Waals surface area contributed by atoms with Crippen LogP contribution in [0.3, 0.4) is 0 Å². The number of nitrogens with zero attached hydrogens (tertiary/aromatic N) is 2. The van der Waals surface area contributed by atoms with Gasteiger partial charge in [0, 0.05) is 24.3 Å². The number of nitrogens with two attached hydrogens (primary N) is 1. The van der Waals surface area contributed by atoms with Crippen molar-refractivity contribution in [1.29, 1.82) is 0 Å². The summed E-state index contributed by atoms with van der Waals surface area (Å²) >= 11 is 0. The first-order chi connectivity index (χ1) is 11.2. The van der Waals surface area contributed by atoms with Crippen molar-refractivity contribution in [3.05, 3.63) is 53.9 Å². The molecule has 2 atom stereocenters. The monoisotopic (exact) mass is 313 g/mol. The van der Waals surface area contributed by atoms with Gasteiger partial charge in [-0.2, -0.15) is 5.10 Å². The molecule has 0 radical (unpaired) electrons. The van der Waals surface area contributed by atoms with Crippen molar-refractivity contribution >= 4 is 11.8 Å². The molecule has 0 bridgehead atoms. The molecule has 0 saturated carbocycles. The van der Waals surface area contributed by atoms with Crippen LogP contribution in [-0.4, -0.2) is 46.0 Å². The fourth-order valence-electron chi connectivity index (χ4n) is 2.94. The van der Waals surface area contributed by atoms with E-state index < -0.39 is 0 Å². The number of carbonyl (C=O) groups is 2. The highest BCUT2D eigenvalue weighted by atomic mass is 16.2. The smallest absolute Gasteiger partial charge is 0.251 e. The molecule has 3 rings (SSSR count). The fourth-order valence-corrected chi connectivity index (χ4v) is 2.94. The zero-order chi connectivity index (χ0) is 16.2. The molecule has 1 saturated heterocycles. The average molecular weight is 313 g/mol. The van der Waals surface area contributed by atoms with Crippen LogP contribution in [0.1, 0.15) is 28.5 Å². The maximum atomic E-state index is 12.3. The van der Waals surface area contributed by atoms with E-state index in [1.807, 2.05) is 24.3 Å². The van der Waals surface area contributed by atoms with Gasteiger partial charge >= 0.3 is 0 Å². The molecule has 23 heavy (non-hydrogen) atoms. The Hall–Kier alpha value is -2.67. The van der Waals surface area contributed by atoms with Gasteiger partial charge in [-0.1, -0.05) is 18.2 Å². The summed E-state index contributed by atoms with van der Waals surface area (Å²) in [5.41, 5.74) is 6.96. The van der Waals surface area contributed by atoms with Gasteiger partial charge in [-0.3, -0.25) is 14.7 Å². The number of amides is 2. The van der Waals surface area contributed by atoms with Crippen molar-refractivity contribution in [2.45, 2.75) is 18.5 Å². The summed E-state index contributed by atoms with van der Waals surface area (Å²) in [6.07, 6.45) is 2.28. The van der Waals surface area contributed by atoms with E-state index in [-0.39, 0.29) is 30.4 Å². The SMILES string of the molecule is NCC(=O)N1C[C@H](NC(=O)c2ccccc2)C[C@H]1c1ccn[nH]1. The number of likely N-dealkylation sites (tertiary alicyclic amines) is 1. The van der Waals surface area contributed by atoms with Crippen molar-refractivity contribution < 1.29 is 9.59 Å². The van der Waals surface area contributed by atoms with Gasteiger partial charge in [-0.25, -0.2) is 0 Å².